The molecule has 1 aliphatic rings. The van der Waals surface area contributed by atoms with Crippen molar-refractivity contribution in [1.82, 2.24) is 4.98 Å². The van der Waals surface area contributed by atoms with Crippen LogP contribution in [0.5, 0.6) is 17.4 Å². The van der Waals surface area contributed by atoms with Gasteiger partial charge in [0, 0.05) is 5.56 Å². The van der Waals surface area contributed by atoms with E-state index in [-0.39, 0.29) is 17.4 Å². The molecule has 6 heteroatoms. The van der Waals surface area contributed by atoms with E-state index in [4.69, 9.17) is 0 Å². The Morgan fingerprint density at radius 1 is 0.750 bits per heavy atom. The molecule has 0 aliphatic carbocycles. The maximum absolute atomic E-state index is 12.4. The topological polar surface area (TPSA) is 106 Å². The van der Waals surface area contributed by atoms with Crippen LogP contribution < -0.4 is 0 Å². The van der Waals surface area contributed by atoms with Crippen molar-refractivity contribution >= 4 is 11.6 Å². The first-order valence-electron chi connectivity index (χ1n) is 7.21. The van der Waals surface area contributed by atoms with Crippen LogP contribution in [0.1, 0.15) is 21.5 Å². The number of phenols is 2. The van der Waals surface area contributed by atoms with Gasteiger partial charge in [-0.2, -0.15) is 0 Å². The number of aromatic amines is 1. The Bertz CT molecular complexity index is 983. The summed E-state index contributed by atoms with van der Waals surface area (Å²) in [4.78, 5) is 19.2. The third-order valence-electron chi connectivity index (χ3n) is 3.94. The van der Waals surface area contributed by atoms with E-state index in [2.05, 4.69) is 9.98 Å². The van der Waals surface area contributed by atoms with Crippen molar-refractivity contribution in [2.45, 2.75) is 0 Å². The van der Waals surface area contributed by atoms with Gasteiger partial charge in [0.05, 0.1) is 22.5 Å². The highest BCUT2D eigenvalue weighted by Gasteiger charge is 2.33. The summed E-state index contributed by atoms with van der Waals surface area (Å²) in [5.41, 5.74) is 2.71. The van der Waals surface area contributed by atoms with Crippen molar-refractivity contribution < 1.29 is 20.1 Å². The van der Waals surface area contributed by atoms with Gasteiger partial charge in [-0.15, -0.1) is 0 Å². The molecule has 2 heterocycles. The molecular formula is C18H12N2O4. The van der Waals surface area contributed by atoms with E-state index >= 15 is 0 Å². The normalized spacial score (nSPS) is 13.0. The van der Waals surface area contributed by atoms with Gasteiger partial charge in [-0.25, -0.2) is 4.99 Å². The van der Waals surface area contributed by atoms with E-state index in [1.807, 2.05) is 0 Å². The smallest absolute Gasteiger partial charge is 0.280 e. The molecule has 4 N–H and O–H groups in total. The van der Waals surface area contributed by atoms with E-state index in [0.29, 0.717) is 33.7 Å². The Kier molecular flexibility index (Phi) is 2.93. The van der Waals surface area contributed by atoms with Crippen molar-refractivity contribution in [3.8, 4) is 28.6 Å². The molecule has 6 nitrogen and oxygen atoms in total. The van der Waals surface area contributed by atoms with Crippen LogP contribution in [-0.4, -0.2) is 31.9 Å². The lowest BCUT2D eigenvalue weighted by atomic mass is 10.00. The zero-order chi connectivity index (χ0) is 16.8. The summed E-state index contributed by atoms with van der Waals surface area (Å²) in [5, 5.41) is 29.1. The van der Waals surface area contributed by atoms with E-state index in [1.54, 1.807) is 24.3 Å². The fourth-order valence-corrected chi connectivity index (χ4v) is 2.82. The molecule has 0 atom stereocenters. The van der Waals surface area contributed by atoms with Gasteiger partial charge in [-0.1, -0.05) is 0 Å². The van der Waals surface area contributed by atoms with Crippen molar-refractivity contribution in [1.29, 1.82) is 0 Å². The van der Waals surface area contributed by atoms with Gasteiger partial charge in [-0.3, -0.25) is 4.79 Å². The molecule has 0 radical (unpaired) electrons. The second kappa shape index (κ2) is 4.99. The average molecular weight is 320 g/mol. The van der Waals surface area contributed by atoms with Crippen LogP contribution in [0.2, 0.25) is 0 Å². The van der Waals surface area contributed by atoms with Crippen molar-refractivity contribution in [3.63, 3.8) is 0 Å². The van der Waals surface area contributed by atoms with Crippen LogP contribution in [0.15, 0.2) is 53.5 Å². The molecule has 1 amide bonds. The minimum absolute atomic E-state index is 0.104. The predicted octanol–water partition coefficient (Wildman–Crippen LogP) is 2.79. The Morgan fingerprint density at radius 3 is 1.88 bits per heavy atom. The number of hydrogen-bond donors (Lipinski definition) is 4. The van der Waals surface area contributed by atoms with Gasteiger partial charge in [-0.05, 0) is 54.1 Å². The lowest BCUT2D eigenvalue weighted by molar-refractivity contribution is 0.101. The molecule has 0 bridgehead atoms. The van der Waals surface area contributed by atoms with Gasteiger partial charge in [0.25, 0.3) is 5.91 Å². The number of H-pyrrole nitrogens is 1. The number of aromatic nitrogens is 1. The molecule has 118 valence electrons. The number of hydrogen-bond acceptors (Lipinski definition) is 4. The minimum atomic E-state index is -0.451. The highest BCUT2D eigenvalue weighted by molar-refractivity contribution is 6.30. The number of rotatable bonds is 2. The standard InChI is InChI=1S/C18H12N2O4/c21-11-5-1-9(2-6-11)15-13-14(18(24)19-15)16(20-17(13)23)10-3-7-12(22)8-4-10/h1-8,19,21-22,24H. The number of amides is 1. The van der Waals surface area contributed by atoms with Crippen LogP contribution in [0, 0.1) is 0 Å². The Morgan fingerprint density at radius 2 is 1.29 bits per heavy atom. The van der Waals surface area contributed by atoms with Crippen LogP contribution in [-0.2, 0) is 0 Å². The molecule has 3 aromatic rings. The fraction of sp³-hybridized carbons (Fsp3) is 0. The van der Waals surface area contributed by atoms with Crippen molar-refractivity contribution in [3.05, 3.63) is 65.2 Å². The lowest BCUT2D eigenvalue weighted by Gasteiger charge is -2.01. The molecule has 1 aliphatic heterocycles. The van der Waals surface area contributed by atoms with Gasteiger partial charge in [0.2, 0.25) is 0 Å². The molecular weight excluding hydrogens is 308 g/mol. The molecule has 0 fully saturated rings. The second-order valence-corrected chi connectivity index (χ2v) is 5.46. The van der Waals surface area contributed by atoms with Crippen LogP contribution in [0.4, 0.5) is 0 Å². The monoisotopic (exact) mass is 320 g/mol. The van der Waals surface area contributed by atoms with Crippen LogP contribution in [0.3, 0.4) is 0 Å². The number of aliphatic imine (C=N–C) groups is 1. The van der Waals surface area contributed by atoms with E-state index in [9.17, 15) is 20.1 Å². The van der Waals surface area contributed by atoms with Crippen molar-refractivity contribution in [2.24, 2.45) is 4.99 Å². The number of carbonyl (C=O) groups is 1. The first-order chi connectivity index (χ1) is 11.5. The number of nitrogens with zero attached hydrogens (tertiary/aromatic N) is 1. The van der Waals surface area contributed by atoms with E-state index in [1.165, 1.54) is 24.3 Å². The summed E-state index contributed by atoms with van der Waals surface area (Å²) in [6.45, 7) is 0. The zero-order valence-electron chi connectivity index (χ0n) is 12.3. The lowest BCUT2D eigenvalue weighted by Crippen LogP contribution is -1.99. The summed E-state index contributed by atoms with van der Waals surface area (Å²) in [6, 6.07) is 12.5. The zero-order valence-corrected chi connectivity index (χ0v) is 12.3. The molecule has 4 rings (SSSR count). The predicted molar refractivity (Wildman–Crippen MR) is 87.6 cm³/mol. The molecule has 0 saturated carbocycles. The summed E-state index contributed by atoms with van der Waals surface area (Å²) >= 11 is 0. The first kappa shape index (κ1) is 14.1. The molecule has 1 aromatic heterocycles. The summed E-state index contributed by atoms with van der Waals surface area (Å²) in [6.07, 6.45) is 0. The Balaban J connectivity index is 1.87. The maximum Gasteiger partial charge on any atom is 0.280 e. The number of aromatic hydroxyl groups is 3. The summed E-state index contributed by atoms with van der Waals surface area (Å²) < 4.78 is 0. The average Bonchev–Trinajstić information content (AvgIpc) is 3.08. The molecule has 0 unspecified atom stereocenters. The molecule has 0 saturated heterocycles. The number of nitrogens with one attached hydrogen (secondary N) is 1. The number of carbonyl (C=O) groups excluding carboxylic acids is 1. The number of fused-ring (bicyclic) bond motifs is 1. The molecule has 24 heavy (non-hydrogen) atoms. The fourth-order valence-electron chi connectivity index (χ4n) is 2.82. The summed E-state index contributed by atoms with van der Waals surface area (Å²) in [7, 11) is 0. The summed E-state index contributed by atoms with van der Waals surface area (Å²) in [5.74, 6) is -0.385. The van der Waals surface area contributed by atoms with Gasteiger partial charge in [0.15, 0.2) is 5.88 Å². The maximum atomic E-state index is 12.4. The molecule has 2 aromatic carbocycles. The van der Waals surface area contributed by atoms with Crippen LogP contribution >= 0.6 is 0 Å². The third kappa shape index (κ3) is 2.04. The van der Waals surface area contributed by atoms with Crippen LogP contribution in [0.25, 0.3) is 11.3 Å². The number of phenolic OH excluding ortho intramolecular Hbond substituents is 2. The molecule has 0 spiro atoms. The van der Waals surface area contributed by atoms with Gasteiger partial charge in [0.1, 0.15) is 11.5 Å². The largest absolute Gasteiger partial charge is 0.508 e. The third-order valence-corrected chi connectivity index (χ3v) is 3.94. The van der Waals surface area contributed by atoms with Gasteiger partial charge >= 0.3 is 0 Å². The minimum Gasteiger partial charge on any atom is -0.508 e. The number of benzene rings is 2. The second-order valence-electron chi connectivity index (χ2n) is 5.46. The highest BCUT2D eigenvalue weighted by Crippen LogP contribution is 2.38. The SMILES string of the molecule is O=C1N=C(c2ccc(O)cc2)c2c(O)[nH]c(-c3ccc(O)cc3)c21. The highest BCUT2D eigenvalue weighted by atomic mass is 16.3. The quantitative estimate of drug-likeness (QED) is 0.582. The first-order valence-corrected chi connectivity index (χ1v) is 7.21. The Labute approximate surface area is 136 Å². The van der Waals surface area contributed by atoms with Crippen molar-refractivity contribution in [2.75, 3.05) is 0 Å². The van der Waals surface area contributed by atoms with E-state index < -0.39 is 5.91 Å². The Hall–Kier alpha value is -3.54. The van der Waals surface area contributed by atoms with Gasteiger partial charge < -0.3 is 20.3 Å². The van der Waals surface area contributed by atoms with E-state index in [0.717, 1.165) is 0 Å².